The van der Waals surface area contributed by atoms with Crippen LogP contribution in [0.2, 0.25) is 5.02 Å². The fraction of sp³-hybridized carbons (Fsp3) is 0.348. The molecule has 0 fully saturated rings. The Morgan fingerprint density at radius 2 is 1.85 bits per heavy atom. The zero-order chi connectivity index (χ0) is 24.9. The highest BCUT2D eigenvalue weighted by Gasteiger charge is 2.23. The zero-order valence-corrected chi connectivity index (χ0v) is 21.5. The van der Waals surface area contributed by atoms with E-state index in [2.05, 4.69) is 4.99 Å². The first-order chi connectivity index (χ1) is 16.2. The molecule has 0 saturated heterocycles. The number of halogens is 1. The number of benzene rings is 2. The van der Waals surface area contributed by atoms with E-state index >= 15 is 0 Å². The standard InChI is InChI=1S/C23H26ClN3O5S2/c1-4-6-14-26(5-2)34(30,31)17-12-10-16(11-13-17)22(29)25-23-27(15-20(28)32-3)21-18(24)8-7-9-19(21)33-23/h7-13H,4-6,14-15H2,1-3H3. The van der Waals surface area contributed by atoms with Gasteiger partial charge in [-0.15, -0.1) is 0 Å². The molecule has 0 aliphatic carbocycles. The van der Waals surface area contributed by atoms with E-state index in [-0.39, 0.29) is 21.8 Å². The lowest BCUT2D eigenvalue weighted by molar-refractivity contribution is -0.141. The van der Waals surface area contributed by atoms with E-state index in [1.165, 1.54) is 51.6 Å². The molecule has 3 aromatic rings. The van der Waals surface area contributed by atoms with E-state index in [4.69, 9.17) is 16.3 Å². The van der Waals surface area contributed by atoms with Crippen LogP contribution >= 0.6 is 22.9 Å². The highest BCUT2D eigenvalue weighted by Crippen LogP contribution is 2.25. The number of methoxy groups -OCH3 is 1. The number of para-hydroxylation sites is 1. The SMILES string of the molecule is CCCCN(CC)S(=O)(=O)c1ccc(C(=O)N=c2sc3cccc(Cl)c3n2CC(=O)OC)cc1. The van der Waals surface area contributed by atoms with Gasteiger partial charge in [0.2, 0.25) is 10.0 Å². The minimum absolute atomic E-state index is 0.122. The van der Waals surface area contributed by atoms with Gasteiger partial charge in [0.25, 0.3) is 5.91 Å². The Balaban J connectivity index is 1.97. The normalized spacial score (nSPS) is 12.4. The van der Waals surface area contributed by atoms with Crippen LogP contribution < -0.4 is 4.80 Å². The van der Waals surface area contributed by atoms with E-state index in [0.717, 1.165) is 17.5 Å². The third kappa shape index (κ3) is 5.57. The summed E-state index contributed by atoms with van der Waals surface area (Å²) in [6.07, 6.45) is 1.66. The Bertz CT molecular complexity index is 1360. The average Bonchev–Trinajstić information content (AvgIpc) is 3.17. The van der Waals surface area contributed by atoms with Crippen LogP contribution in [0.25, 0.3) is 10.2 Å². The number of thiazole rings is 1. The molecule has 8 nitrogen and oxygen atoms in total. The summed E-state index contributed by atoms with van der Waals surface area (Å²) in [6.45, 7) is 4.45. The van der Waals surface area contributed by atoms with Gasteiger partial charge in [-0.05, 0) is 42.8 Å². The topological polar surface area (TPSA) is 98.0 Å². The molecule has 11 heteroatoms. The van der Waals surface area contributed by atoms with Gasteiger partial charge in [-0.25, -0.2) is 8.42 Å². The highest BCUT2D eigenvalue weighted by atomic mass is 35.5. The number of carbonyl (C=O) groups excluding carboxylic acids is 2. The first-order valence-corrected chi connectivity index (χ1v) is 13.4. The number of nitrogens with zero attached hydrogens (tertiary/aromatic N) is 3. The quantitative estimate of drug-likeness (QED) is 0.393. The lowest BCUT2D eigenvalue weighted by Gasteiger charge is -2.20. The predicted octanol–water partition coefficient (Wildman–Crippen LogP) is 4.08. The summed E-state index contributed by atoms with van der Waals surface area (Å²) in [7, 11) is -2.37. The van der Waals surface area contributed by atoms with Gasteiger partial charge in [0.1, 0.15) is 6.54 Å². The van der Waals surface area contributed by atoms with Crippen LogP contribution in [0, 0.1) is 0 Å². The Hall–Kier alpha value is -2.53. The van der Waals surface area contributed by atoms with Crippen molar-refractivity contribution in [2.24, 2.45) is 4.99 Å². The Morgan fingerprint density at radius 3 is 2.47 bits per heavy atom. The smallest absolute Gasteiger partial charge is 0.325 e. The number of aromatic nitrogens is 1. The number of sulfonamides is 1. The maximum Gasteiger partial charge on any atom is 0.325 e. The summed E-state index contributed by atoms with van der Waals surface area (Å²) in [5, 5.41) is 0.421. The molecular weight excluding hydrogens is 498 g/mol. The first-order valence-electron chi connectivity index (χ1n) is 10.8. The fourth-order valence-electron chi connectivity index (χ4n) is 3.37. The van der Waals surface area contributed by atoms with Gasteiger partial charge < -0.3 is 9.30 Å². The second-order valence-electron chi connectivity index (χ2n) is 7.43. The summed E-state index contributed by atoms with van der Waals surface area (Å²) in [5.74, 6) is -1.07. The molecule has 182 valence electrons. The van der Waals surface area contributed by atoms with Gasteiger partial charge in [0, 0.05) is 18.7 Å². The monoisotopic (exact) mass is 523 g/mol. The second kappa shape index (κ2) is 11.3. The van der Waals surface area contributed by atoms with Crippen molar-refractivity contribution in [2.75, 3.05) is 20.2 Å². The summed E-state index contributed by atoms with van der Waals surface area (Å²) < 4.78 is 34.3. The molecule has 1 aromatic heterocycles. The molecule has 1 amide bonds. The van der Waals surface area contributed by atoms with Crippen molar-refractivity contribution in [2.45, 2.75) is 38.1 Å². The van der Waals surface area contributed by atoms with Crippen LogP contribution in [0.1, 0.15) is 37.0 Å². The van der Waals surface area contributed by atoms with Crippen molar-refractivity contribution < 1.29 is 22.7 Å². The number of amides is 1. The van der Waals surface area contributed by atoms with E-state index < -0.39 is 21.9 Å². The third-order valence-electron chi connectivity index (χ3n) is 5.22. The molecule has 0 aliphatic heterocycles. The molecular formula is C23H26ClN3O5S2. The minimum atomic E-state index is -3.65. The molecule has 0 N–H and O–H groups in total. The molecule has 2 aromatic carbocycles. The summed E-state index contributed by atoms with van der Waals surface area (Å²) in [5.41, 5.74) is 0.808. The van der Waals surface area contributed by atoms with Crippen molar-refractivity contribution in [1.82, 2.24) is 8.87 Å². The van der Waals surface area contributed by atoms with Crippen molar-refractivity contribution in [3.63, 3.8) is 0 Å². The molecule has 34 heavy (non-hydrogen) atoms. The molecule has 0 atom stereocenters. The lowest BCUT2D eigenvalue weighted by Crippen LogP contribution is -2.31. The van der Waals surface area contributed by atoms with Crippen LogP contribution in [0.4, 0.5) is 0 Å². The number of hydrogen-bond donors (Lipinski definition) is 0. The number of fused-ring (bicyclic) bond motifs is 1. The molecule has 0 unspecified atom stereocenters. The van der Waals surface area contributed by atoms with Crippen LogP contribution in [-0.2, 0) is 26.1 Å². The molecule has 0 bridgehead atoms. The van der Waals surface area contributed by atoms with E-state index in [1.54, 1.807) is 19.1 Å². The van der Waals surface area contributed by atoms with Crippen LogP contribution in [0.15, 0.2) is 52.4 Å². The Morgan fingerprint density at radius 1 is 1.15 bits per heavy atom. The third-order valence-corrected chi connectivity index (χ3v) is 8.55. The van der Waals surface area contributed by atoms with E-state index in [0.29, 0.717) is 23.6 Å². The first kappa shape index (κ1) is 26.1. The van der Waals surface area contributed by atoms with E-state index in [9.17, 15) is 18.0 Å². The summed E-state index contributed by atoms with van der Waals surface area (Å²) in [4.78, 5) is 29.4. The number of carbonyl (C=O) groups is 2. The van der Waals surface area contributed by atoms with Gasteiger partial charge >= 0.3 is 5.97 Å². The molecule has 0 saturated carbocycles. The average molecular weight is 524 g/mol. The minimum Gasteiger partial charge on any atom is -0.468 e. The molecule has 3 rings (SSSR count). The summed E-state index contributed by atoms with van der Waals surface area (Å²) in [6, 6.07) is 11.0. The van der Waals surface area contributed by atoms with Crippen LogP contribution in [0.3, 0.4) is 0 Å². The zero-order valence-electron chi connectivity index (χ0n) is 19.2. The number of esters is 1. The van der Waals surface area contributed by atoms with Crippen molar-refractivity contribution in [3.05, 3.63) is 57.9 Å². The van der Waals surface area contributed by atoms with Gasteiger partial charge in [-0.1, -0.05) is 49.3 Å². The summed E-state index contributed by atoms with van der Waals surface area (Å²) >= 11 is 7.55. The fourth-order valence-corrected chi connectivity index (χ4v) is 6.24. The maximum absolute atomic E-state index is 12.9. The number of hydrogen-bond acceptors (Lipinski definition) is 6. The van der Waals surface area contributed by atoms with E-state index in [1.807, 2.05) is 13.0 Å². The van der Waals surface area contributed by atoms with Gasteiger partial charge in [0.05, 0.1) is 27.2 Å². The Labute approximate surface area is 207 Å². The van der Waals surface area contributed by atoms with Crippen LogP contribution in [0.5, 0.6) is 0 Å². The molecule has 0 spiro atoms. The van der Waals surface area contributed by atoms with Crippen molar-refractivity contribution >= 4 is 55.1 Å². The molecule has 0 aliphatic rings. The number of ether oxygens (including phenoxy) is 1. The van der Waals surface area contributed by atoms with Gasteiger partial charge in [-0.3, -0.25) is 9.59 Å². The maximum atomic E-state index is 12.9. The number of rotatable bonds is 9. The lowest BCUT2D eigenvalue weighted by atomic mass is 10.2. The largest absolute Gasteiger partial charge is 0.468 e. The van der Waals surface area contributed by atoms with Gasteiger partial charge in [0.15, 0.2) is 4.80 Å². The highest BCUT2D eigenvalue weighted by molar-refractivity contribution is 7.89. The molecule has 0 radical (unpaired) electrons. The van der Waals surface area contributed by atoms with Crippen LogP contribution in [-0.4, -0.2) is 49.4 Å². The van der Waals surface area contributed by atoms with Gasteiger partial charge in [-0.2, -0.15) is 9.30 Å². The van der Waals surface area contributed by atoms with Crippen molar-refractivity contribution in [3.8, 4) is 0 Å². The van der Waals surface area contributed by atoms with Crippen molar-refractivity contribution in [1.29, 1.82) is 0 Å². The predicted molar refractivity (Wildman–Crippen MR) is 133 cm³/mol. The number of unbranched alkanes of at least 4 members (excludes halogenated alkanes) is 1. The Kier molecular flexibility index (Phi) is 8.64. The molecule has 1 heterocycles. The second-order valence-corrected chi connectivity index (χ2v) is 10.8.